The standard InChI is InChI=1S/C17H34N2/c1-4-6-15-9-11-19(13-15)17-12-14(3)7-8-16(17)18-10-5-2/h14-18H,4-13H2,1-3H3. The van der Waals surface area contributed by atoms with Crippen molar-refractivity contribution in [3.63, 3.8) is 0 Å². The molecule has 2 rings (SSSR count). The van der Waals surface area contributed by atoms with Gasteiger partial charge in [-0.2, -0.15) is 0 Å². The molecule has 2 aliphatic rings. The van der Waals surface area contributed by atoms with E-state index in [4.69, 9.17) is 0 Å². The van der Waals surface area contributed by atoms with Gasteiger partial charge in [-0.3, -0.25) is 4.90 Å². The van der Waals surface area contributed by atoms with Gasteiger partial charge in [-0.1, -0.05) is 27.2 Å². The van der Waals surface area contributed by atoms with Gasteiger partial charge in [0, 0.05) is 18.6 Å². The van der Waals surface area contributed by atoms with Gasteiger partial charge in [-0.05, 0) is 63.5 Å². The molecule has 0 spiro atoms. The first-order valence-corrected chi connectivity index (χ1v) is 8.72. The molecule has 2 fully saturated rings. The third-order valence-corrected chi connectivity index (χ3v) is 5.22. The topological polar surface area (TPSA) is 15.3 Å². The van der Waals surface area contributed by atoms with Crippen LogP contribution in [0, 0.1) is 11.8 Å². The first kappa shape index (κ1) is 15.3. The normalized spacial score (nSPS) is 36.8. The molecule has 1 heterocycles. The van der Waals surface area contributed by atoms with Crippen LogP contribution in [0.3, 0.4) is 0 Å². The largest absolute Gasteiger partial charge is 0.312 e. The Kier molecular flexibility index (Phi) is 6.15. The number of hydrogen-bond acceptors (Lipinski definition) is 2. The molecule has 0 aromatic rings. The average molecular weight is 266 g/mol. The molecule has 4 atom stereocenters. The molecule has 112 valence electrons. The minimum Gasteiger partial charge on any atom is -0.312 e. The third kappa shape index (κ3) is 4.19. The number of rotatable bonds is 6. The van der Waals surface area contributed by atoms with Crippen LogP contribution in [0.2, 0.25) is 0 Å². The van der Waals surface area contributed by atoms with E-state index in [1.807, 2.05) is 0 Å². The molecule has 1 saturated carbocycles. The molecule has 0 bridgehead atoms. The summed E-state index contributed by atoms with van der Waals surface area (Å²) >= 11 is 0. The lowest BCUT2D eigenvalue weighted by atomic mass is 9.82. The van der Waals surface area contributed by atoms with Crippen LogP contribution in [-0.4, -0.2) is 36.6 Å². The molecule has 0 amide bonds. The van der Waals surface area contributed by atoms with E-state index in [9.17, 15) is 0 Å². The Balaban J connectivity index is 1.90. The van der Waals surface area contributed by atoms with Gasteiger partial charge in [0.25, 0.3) is 0 Å². The van der Waals surface area contributed by atoms with Crippen LogP contribution in [0.1, 0.15) is 65.7 Å². The summed E-state index contributed by atoms with van der Waals surface area (Å²) in [5, 5.41) is 3.82. The number of likely N-dealkylation sites (tertiary alicyclic amines) is 1. The molecule has 2 nitrogen and oxygen atoms in total. The zero-order valence-corrected chi connectivity index (χ0v) is 13.3. The van der Waals surface area contributed by atoms with E-state index in [0.29, 0.717) is 0 Å². The van der Waals surface area contributed by atoms with Crippen molar-refractivity contribution >= 4 is 0 Å². The Morgan fingerprint density at radius 3 is 2.68 bits per heavy atom. The number of nitrogens with one attached hydrogen (secondary N) is 1. The Morgan fingerprint density at radius 2 is 1.95 bits per heavy atom. The smallest absolute Gasteiger partial charge is 0.0251 e. The molecular weight excluding hydrogens is 232 g/mol. The van der Waals surface area contributed by atoms with Crippen molar-refractivity contribution in [2.75, 3.05) is 19.6 Å². The van der Waals surface area contributed by atoms with Gasteiger partial charge < -0.3 is 5.32 Å². The zero-order valence-electron chi connectivity index (χ0n) is 13.3. The SMILES string of the molecule is CCCNC1CCC(C)CC1N1CCC(CCC)C1. The fraction of sp³-hybridized carbons (Fsp3) is 1.00. The van der Waals surface area contributed by atoms with Crippen molar-refractivity contribution in [3.8, 4) is 0 Å². The van der Waals surface area contributed by atoms with Crippen molar-refractivity contribution < 1.29 is 0 Å². The summed E-state index contributed by atoms with van der Waals surface area (Å²) in [4.78, 5) is 2.82. The minimum atomic E-state index is 0.761. The maximum absolute atomic E-state index is 3.82. The van der Waals surface area contributed by atoms with Crippen molar-refractivity contribution in [3.05, 3.63) is 0 Å². The third-order valence-electron chi connectivity index (χ3n) is 5.22. The van der Waals surface area contributed by atoms with Crippen LogP contribution in [0.4, 0.5) is 0 Å². The predicted molar refractivity (Wildman–Crippen MR) is 83.5 cm³/mol. The lowest BCUT2D eigenvalue weighted by molar-refractivity contribution is 0.119. The van der Waals surface area contributed by atoms with Crippen LogP contribution < -0.4 is 5.32 Å². The second kappa shape index (κ2) is 7.64. The van der Waals surface area contributed by atoms with E-state index in [1.165, 1.54) is 64.6 Å². The van der Waals surface area contributed by atoms with Gasteiger partial charge in [0.1, 0.15) is 0 Å². The molecule has 1 N–H and O–H groups in total. The fourth-order valence-corrected chi connectivity index (χ4v) is 4.13. The van der Waals surface area contributed by atoms with E-state index < -0.39 is 0 Å². The van der Waals surface area contributed by atoms with Crippen LogP contribution >= 0.6 is 0 Å². The van der Waals surface area contributed by atoms with Gasteiger partial charge in [-0.25, -0.2) is 0 Å². The monoisotopic (exact) mass is 266 g/mol. The highest BCUT2D eigenvalue weighted by atomic mass is 15.2. The van der Waals surface area contributed by atoms with Crippen molar-refractivity contribution in [1.82, 2.24) is 10.2 Å². The second-order valence-electron chi connectivity index (χ2n) is 6.98. The summed E-state index contributed by atoms with van der Waals surface area (Å²) in [6.45, 7) is 11.0. The predicted octanol–water partition coefficient (Wildman–Crippen LogP) is 3.67. The van der Waals surface area contributed by atoms with E-state index in [-0.39, 0.29) is 0 Å². The molecule has 0 aromatic carbocycles. The lowest BCUT2D eigenvalue weighted by Gasteiger charge is -2.41. The zero-order chi connectivity index (χ0) is 13.7. The average Bonchev–Trinajstić information content (AvgIpc) is 2.86. The van der Waals surface area contributed by atoms with Gasteiger partial charge in [0.15, 0.2) is 0 Å². The molecule has 4 unspecified atom stereocenters. The van der Waals surface area contributed by atoms with Gasteiger partial charge in [0.05, 0.1) is 0 Å². The molecular formula is C17H34N2. The van der Waals surface area contributed by atoms with E-state index in [0.717, 1.165) is 23.9 Å². The Bertz CT molecular complexity index is 252. The highest BCUT2D eigenvalue weighted by Crippen LogP contribution is 2.32. The molecule has 19 heavy (non-hydrogen) atoms. The molecule has 1 aliphatic heterocycles. The second-order valence-corrected chi connectivity index (χ2v) is 6.98. The fourth-order valence-electron chi connectivity index (χ4n) is 4.13. The minimum absolute atomic E-state index is 0.761. The maximum Gasteiger partial charge on any atom is 0.0251 e. The van der Waals surface area contributed by atoms with Crippen LogP contribution in [0.15, 0.2) is 0 Å². The van der Waals surface area contributed by atoms with Crippen LogP contribution in [0.25, 0.3) is 0 Å². The number of nitrogens with zero attached hydrogens (tertiary/aromatic N) is 1. The summed E-state index contributed by atoms with van der Waals surface area (Å²) in [5.41, 5.74) is 0. The summed E-state index contributed by atoms with van der Waals surface area (Å²) in [5.74, 6) is 1.91. The van der Waals surface area contributed by atoms with Gasteiger partial charge in [0.2, 0.25) is 0 Å². The molecule has 0 aromatic heterocycles. The highest BCUT2D eigenvalue weighted by molar-refractivity contribution is 4.93. The Morgan fingerprint density at radius 1 is 1.11 bits per heavy atom. The Labute approximate surface area is 120 Å². The van der Waals surface area contributed by atoms with Crippen molar-refractivity contribution in [1.29, 1.82) is 0 Å². The lowest BCUT2D eigenvalue weighted by Crippen LogP contribution is -2.52. The molecule has 2 heteroatoms. The van der Waals surface area contributed by atoms with E-state index in [2.05, 4.69) is 31.0 Å². The van der Waals surface area contributed by atoms with Gasteiger partial charge >= 0.3 is 0 Å². The van der Waals surface area contributed by atoms with Crippen molar-refractivity contribution in [2.24, 2.45) is 11.8 Å². The summed E-state index contributed by atoms with van der Waals surface area (Å²) in [7, 11) is 0. The molecule has 1 aliphatic carbocycles. The van der Waals surface area contributed by atoms with Crippen molar-refractivity contribution in [2.45, 2.75) is 77.8 Å². The summed E-state index contributed by atoms with van der Waals surface area (Å²) in [6, 6.07) is 1.58. The summed E-state index contributed by atoms with van der Waals surface area (Å²) < 4.78 is 0. The highest BCUT2D eigenvalue weighted by Gasteiger charge is 2.35. The first-order chi connectivity index (χ1) is 9.24. The quantitative estimate of drug-likeness (QED) is 0.789. The van der Waals surface area contributed by atoms with Gasteiger partial charge in [-0.15, -0.1) is 0 Å². The van der Waals surface area contributed by atoms with E-state index in [1.54, 1.807) is 0 Å². The molecule has 0 radical (unpaired) electrons. The first-order valence-electron chi connectivity index (χ1n) is 8.72. The summed E-state index contributed by atoms with van der Waals surface area (Å²) in [6.07, 6.45) is 9.73. The Hall–Kier alpha value is -0.0800. The maximum atomic E-state index is 3.82. The van der Waals surface area contributed by atoms with E-state index >= 15 is 0 Å². The van der Waals surface area contributed by atoms with Crippen LogP contribution in [0.5, 0.6) is 0 Å². The van der Waals surface area contributed by atoms with Crippen LogP contribution in [-0.2, 0) is 0 Å². The number of hydrogen-bond donors (Lipinski definition) is 1. The molecule has 1 saturated heterocycles.